The maximum atomic E-state index is 11.6. The van der Waals surface area contributed by atoms with Crippen LogP contribution < -0.4 is 10.6 Å². The van der Waals surface area contributed by atoms with Crippen molar-refractivity contribution in [1.29, 1.82) is 0 Å². The van der Waals surface area contributed by atoms with Crippen LogP contribution in [0.1, 0.15) is 53.4 Å². The molecule has 1 fully saturated rings. The van der Waals surface area contributed by atoms with Crippen LogP contribution in [0, 0.1) is 0 Å². The van der Waals surface area contributed by atoms with E-state index in [0.29, 0.717) is 0 Å². The van der Waals surface area contributed by atoms with Gasteiger partial charge in [-0.3, -0.25) is 4.79 Å². The zero-order valence-corrected chi connectivity index (χ0v) is 11.7. The number of nitrogens with one attached hydrogen (secondary N) is 2. The van der Waals surface area contributed by atoms with Gasteiger partial charge in [-0.2, -0.15) is 0 Å². The van der Waals surface area contributed by atoms with Crippen LogP contribution in [-0.2, 0) is 9.53 Å². The van der Waals surface area contributed by atoms with Gasteiger partial charge >= 0.3 is 6.09 Å². The van der Waals surface area contributed by atoms with Crippen LogP contribution in [0.25, 0.3) is 0 Å². The molecule has 0 unspecified atom stereocenters. The number of amides is 2. The molecule has 104 valence electrons. The minimum absolute atomic E-state index is 0.00449. The number of hydrogen-bond acceptors (Lipinski definition) is 3. The Kier molecular flexibility index (Phi) is 4.99. The van der Waals surface area contributed by atoms with Gasteiger partial charge in [0.25, 0.3) is 0 Å². The summed E-state index contributed by atoms with van der Waals surface area (Å²) in [7, 11) is 0. The minimum Gasteiger partial charge on any atom is -0.446 e. The summed E-state index contributed by atoms with van der Waals surface area (Å²) in [5, 5.41) is 5.68. The van der Waals surface area contributed by atoms with Crippen LogP contribution in [-0.4, -0.2) is 29.7 Å². The second-order valence-electron chi connectivity index (χ2n) is 5.95. The molecule has 1 saturated carbocycles. The first-order chi connectivity index (χ1) is 8.26. The molecular weight excluding hydrogens is 232 g/mol. The van der Waals surface area contributed by atoms with E-state index < -0.39 is 0 Å². The quantitative estimate of drug-likeness (QED) is 0.793. The van der Waals surface area contributed by atoms with Gasteiger partial charge in [-0.05, 0) is 46.5 Å². The van der Waals surface area contributed by atoms with Crippen molar-refractivity contribution in [3.05, 3.63) is 0 Å². The fourth-order valence-electron chi connectivity index (χ4n) is 2.10. The standard InChI is InChI=1S/C13H24N2O3/c1-9(16)14-10-5-7-11(8-6-10)18-12(17)15-13(2,3)4/h10-11H,5-8H2,1-4H3,(H,14,16)(H,15,17). The predicted octanol–water partition coefficient (Wildman–Crippen LogP) is 1.96. The summed E-state index contributed by atoms with van der Waals surface area (Å²) in [5.74, 6) is 0.00449. The highest BCUT2D eigenvalue weighted by Gasteiger charge is 2.25. The second-order valence-corrected chi connectivity index (χ2v) is 5.95. The highest BCUT2D eigenvalue weighted by molar-refractivity contribution is 5.73. The Morgan fingerprint density at radius 2 is 1.67 bits per heavy atom. The molecule has 1 aliphatic carbocycles. The van der Waals surface area contributed by atoms with E-state index in [1.807, 2.05) is 20.8 Å². The van der Waals surface area contributed by atoms with Crippen LogP contribution >= 0.6 is 0 Å². The van der Waals surface area contributed by atoms with E-state index in [9.17, 15) is 9.59 Å². The first-order valence-corrected chi connectivity index (χ1v) is 6.52. The number of carbonyl (C=O) groups is 2. The first-order valence-electron chi connectivity index (χ1n) is 6.52. The summed E-state index contributed by atoms with van der Waals surface area (Å²) in [5.41, 5.74) is -0.273. The highest BCUT2D eigenvalue weighted by Crippen LogP contribution is 2.21. The zero-order valence-electron chi connectivity index (χ0n) is 11.7. The van der Waals surface area contributed by atoms with Crippen molar-refractivity contribution in [3.8, 4) is 0 Å². The van der Waals surface area contributed by atoms with Crippen molar-refractivity contribution in [1.82, 2.24) is 10.6 Å². The van der Waals surface area contributed by atoms with Gasteiger partial charge in [-0.15, -0.1) is 0 Å². The molecule has 0 aromatic heterocycles. The molecule has 0 aliphatic heterocycles. The van der Waals surface area contributed by atoms with E-state index in [0.717, 1.165) is 25.7 Å². The van der Waals surface area contributed by atoms with E-state index in [-0.39, 0.29) is 29.7 Å². The first kappa shape index (κ1) is 14.8. The maximum absolute atomic E-state index is 11.6. The molecule has 2 amide bonds. The molecule has 0 saturated heterocycles. The van der Waals surface area contributed by atoms with Crippen molar-refractivity contribution in [2.45, 2.75) is 71.1 Å². The third-order valence-corrected chi connectivity index (χ3v) is 2.83. The Hall–Kier alpha value is -1.26. The molecule has 0 spiro atoms. The summed E-state index contributed by atoms with van der Waals surface area (Å²) < 4.78 is 5.36. The average Bonchev–Trinajstić information content (AvgIpc) is 2.17. The molecule has 0 heterocycles. The average molecular weight is 256 g/mol. The van der Waals surface area contributed by atoms with Crippen molar-refractivity contribution >= 4 is 12.0 Å². The Labute approximate surface area is 109 Å². The van der Waals surface area contributed by atoms with Crippen LogP contribution in [0.5, 0.6) is 0 Å². The molecule has 0 radical (unpaired) electrons. The third-order valence-electron chi connectivity index (χ3n) is 2.83. The molecule has 0 bridgehead atoms. The molecule has 0 aromatic carbocycles. The fourth-order valence-corrected chi connectivity index (χ4v) is 2.10. The van der Waals surface area contributed by atoms with Gasteiger partial charge in [0.1, 0.15) is 6.10 Å². The lowest BCUT2D eigenvalue weighted by molar-refractivity contribution is -0.120. The van der Waals surface area contributed by atoms with Gasteiger partial charge in [-0.25, -0.2) is 4.79 Å². The molecule has 5 heteroatoms. The topological polar surface area (TPSA) is 67.4 Å². The molecule has 5 nitrogen and oxygen atoms in total. The van der Waals surface area contributed by atoms with Crippen LogP contribution in [0.15, 0.2) is 0 Å². The molecule has 2 N–H and O–H groups in total. The van der Waals surface area contributed by atoms with E-state index in [1.165, 1.54) is 6.92 Å². The van der Waals surface area contributed by atoms with E-state index >= 15 is 0 Å². The number of carbonyl (C=O) groups excluding carboxylic acids is 2. The van der Waals surface area contributed by atoms with Crippen molar-refractivity contribution in [3.63, 3.8) is 0 Å². The van der Waals surface area contributed by atoms with Gasteiger partial charge in [0, 0.05) is 18.5 Å². The maximum Gasteiger partial charge on any atom is 0.407 e. The van der Waals surface area contributed by atoms with Gasteiger partial charge < -0.3 is 15.4 Å². The van der Waals surface area contributed by atoms with Crippen LogP contribution in [0.4, 0.5) is 4.79 Å². The molecule has 0 atom stereocenters. The lowest BCUT2D eigenvalue weighted by atomic mass is 9.93. The van der Waals surface area contributed by atoms with Crippen molar-refractivity contribution in [2.75, 3.05) is 0 Å². The van der Waals surface area contributed by atoms with Gasteiger partial charge in [-0.1, -0.05) is 0 Å². The summed E-state index contributed by atoms with van der Waals surface area (Å²) in [6.45, 7) is 7.28. The largest absolute Gasteiger partial charge is 0.446 e. The zero-order chi connectivity index (χ0) is 13.8. The van der Waals surface area contributed by atoms with Gasteiger partial charge in [0.15, 0.2) is 0 Å². The number of hydrogen-bond donors (Lipinski definition) is 2. The van der Waals surface area contributed by atoms with E-state index in [2.05, 4.69) is 10.6 Å². The molecule has 1 aliphatic rings. The second kappa shape index (κ2) is 6.07. The van der Waals surface area contributed by atoms with Crippen LogP contribution in [0.3, 0.4) is 0 Å². The number of rotatable bonds is 2. The van der Waals surface area contributed by atoms with Crippen molar-refractivity contribution in [2.24, 2.45) is 0 Å². The lowest BCUT2D eigenvalue weighted by Crippen LogP contribution is -2.44. The highest BCUT2D eigenvalue weighted by atomic mass is 16.6. The Balaban J connectivity index is 2.27. The molecule has 0 aromatic rings. The monoisotopic (exact) mass is 256 g/mol. The lowest BCUT2D eigenvalue weighted by Gasteiger charge is -2.29. The normalized spacial score (nSPS) is 24.2. The molecule has 1 rings (SSSR count). The molecule has 18 heavy (non-hydrogen) atoms. The number of alkyl carbamates (subject to hydrolysis) is 1. The third kappa shape index (κ3) is 5.89. The van der Waals surface area contributed by atoms with Gasteiger partial charge in [0.2, 0.25) is 5.91 Å². The Bertz CT molecular complexity index is 302. The van der Waals surface area contributed by atoms with E-state index in [1.54, 1.807) is 0 Å². The Morgan fingerprint density at radius 3 is 2.11 bits per heavy atom. The van der Waals surface area contributed by atoms with Crippen LogP contribution in [0.2, 0.25) is 0 Å². The fraction of sp³-hybridized carbons (Fsp3) is 0.846. The van der Waals surface area contributed by atoms with Crippen molar-refractivity contribution < 1.29 is 14.3 Å². The van der Waals surface area contributed by atoms with E-state index in [4.69, 9.17) is 4.74 Å². The molecular formula is C13H24N2O3. The summed E-state index contributed by atoms with van der Waals surface area (Å²) >= 11 is 0. The predicted molar refractivity (Wildman–Crippen MR) is 69.2 cm³/mol. The SMILES string of the molecule is CC(=O)NC1CCC(OC(=O)NC(C)(C)C)CC1. The summed E-state index contributed by atoms with van der Waals surface area (Å²) in [6.07, 6.45) is 2.97. The summed E-state index contributed by atoms with van der Waals surface area (Å²) in [4.78, 5) is 22.5. The summed E-state index contributed by atoms with van der Waals surface area (Å²) in [6, 6.07) is 0.230. The smallest absolute Gasteiger partial charge is 0.407 e. The number of ether oxygens (including phenoxy) is 1. The minimum atomic E-state index is -0.356. The Morgan fingerprint density at radius 1 is 1.11 bits per heavy atom. The van der Waals surface area contributed by atoms with Gasteiger partial charge in [0.05, 0.1) is 0 Å².